The van der Waals surface area contributed by atoms with Gasteiger partial charge in [-0.2, -0.15) is 5.10 Å². The third-order valence-corrected chi connectivity index (χ3v) is 5.79. The number of halogens is 1. The Morgan fingerprint density at radius 2 is 1.90 bits per heavy atom. The second-order valence-electron chi connectivity index (χ2n) is 7.36. The number of nitrogens with zero attached hydrogens (tertiary/aromatic N) is 2. The van der Waals surface area contributed by atoms with Gasteiger partial charge in [-0.3, -0.25) is 9.59 Å². The van der Waals surface area contributed by atoms with Crippen LogP contribution in [0.3, 0.4) is 0 Å². The molecule has 2 N–H and O–H groups in total. The van der Waals surface area contributed by atoms with Crippen molar-refractivity contribution in [2.24, 2.45) is 5.10 Å². The molecule has 2 heterocycles. The summed E-state index contributed by atoms with van der Waals surface area (Å²) in [5.41, 5.74) is 6.33. The number of fused-ring (bicyclic) bond motifs is 1. The molecule has 1 aromatic carbocycles. The van der Waals surface area contributed by atoms with E-state index in [1.807, 2.05) is 26.0 Å². The number of anilines is 1. The number of aryl methyl sites for hydroxylation is 2. The maximum absolute atomic E-state index is 12.8. The van der Waals surface area contributed by atoms with E-state index in [-0.39, 0.29) is 17.6 Å². The Balaban J connectivity index is 1.57. The summed E-state index contributed by atoms with van der Waals surface area (Å²) in [5.74, 6) is 0.731. The number of hydrogen-bond donors (Lipinski definition) is 2. The number of amides is 2. The summed E-state index contributed by atoms with van der Waals surface area (Å²) in [4.78, 5) is 29.5. The topological polar surface area (TPSA) is 96.6 Å². The van der Waals surface area contributed by atoms with Gasteiger partial charge in [0.2, 0.25) is 0 Å². The van der Waals surface area contributed by atoms with E-state index in [1.165, 1.54) is 0 Å². The Labute approximate surface area is 188 Å². The van der Waals surface area contributed by atoms with Crippen LogP contribution in [-0.2, 0) is 6.42 Å². The van der Waals surface area contributed by atoms with Crippen LogP contribution in [0.5, 0.6) is 0 Å². The van der Waals surface area contributed by atoms with Crippen molar-refractivity contribution in [1.82, 2.24) is 10.4 Å². The number of hydrazone groups is 1. The number of carbonyl (C=O) groups excluding carboxylic acids is 2. The zero-order chi connectivity index (χ0) is 22.0. The first-order valence-electron chi connectivity index (χ1n) is 9.92. The summed E-state index contributed by atoms with van der Waals surface area (Å²) in [7, 11) is 0. The molecule has 0 unspecified atom stereocenters. The van der Waals surface area contributed by atoms with Gasteiger partial charge < -0.3 is 9.73 Å². The summed E-state index contributed by atoms with van der Waals surface area (Å²) in [6.45, 7) is 3.76. The lowest BCUT2D eigenvalue weighted by molar-refractivity contribution is 0.0952. The van der Waals surface area contributed by atoms with Crippen LogP contribution in [0.2, 0.25) is 0 Å². The van der Waals surface area contributed by atoms with E-state index < -0.39 is 0 Å². The number of hydrogen-bond acceptors (Lipinski definition) is 5. The van der Waals surface area contributed by atoms with E-state index in [0.717, 1.165) is 17.5 Å². The van der Waals surface area contributed by atoms with Crippen LogP contribution in [0, 0.1) is 13.8 Å². The van der Waals surface area contributed by atoms with Gasteiger partial charge in [0.25, 0.3) is 11.8 Å². The predicted molar refractivity (Wildman–Crippen MR) is 121 cm³/mol. The number of benzene rings is 1. The zero-order valence-corrected chi connectivity index (χ0v) is 18.7. The largest absolute Gasteiger partial charge is 0.455 e. The minimum absolute atomic E-state index is 0.235. The van der Waals surface area contributed by atoms with Crippen LogP contribution in [0.4, 0.5) is 5.82 Å². The molecule has 0 fully saturated rings. The molecule has 1 aliphatic carbocycles. The molecule has 8 heteroatoms. The lowest BCUT2D eigenvalue weighted by atomic mass is 9.93. The van der Waals surface area contributed by atoms with E-state index in [2.05, 4.69) is 36.8 Å². The third-order valence-electron chi connectivity index (χ3n) is 5.10. The Morgan fingerprint density at radius 1 is 1.10 bits per heavy atom. The molecule has 3 aromatic rings. The maximum Gasteiger partial charge on any atom is 0.292 e. The molecular formula is C23H21BrN4O3. The molecule has 2 aromatic heterocycles. The molecule has 0 radical (unpaired) electrons. The fourth-order valence-electron chi connectivity index (χ4n) is 3.54. The van der Waals surface area contributed by atoms with Crippen LogP contribution in [0.25, 0.3) is 0 Å². The van der Waals surface area contributed by atoms with Gasteiger partial charge in [0.1, 0.15) is 11.6 Å². The first-order valence-corrected chi connectivity index (χ1v) is 10.7. The third kappa shape index (κ3) is 4.44. The quantitative estimate of drug-likeness (QED) is 0.525. The molecule has 0 saturated heterocycles. The number of aromatic nitrogens is 1. The van der Waals surface area contributed by atoms with E-state index in [1.54, 1.807) is 30.5 Å². The van der Waals surface area contributed by atoms with Gasteiger partial charge in [0.15, 0.2) is 5.76 Å². The summed E-state index contributed by atoms with van der Waals surface area (Å²) >= 11 is 3.38. The minimum Gasteiger partial charge on any atom is -0.455 e. The molecular weight excluding hydrogens is 460 g/mol. The SMILES string of the molecule is Cc1ccc(NC(=O)c2oc3c(c2C)/C(=N/NC(=O)c2ccccc2Br)CCC3)nc1. The van der Waals surface area contributed by atoms with Crippen molar-refractivity contribution < 1.29 is 14.0 Å². The van der Waals surface area contributed by atoms with E-state index in [0.29, 0.717) is 45.7 Å². The van der Waals surface area contributed by atoms with Crippen LogP contribution in [0.1, 0.15) is 56.2 Å². The van der Waals surface area contributed by atoms with Gasteiger partial charge in [-0.1, -0.05) is 18.2 Å². The standard InChI is InChI=1S/C23H21BrN4O3/c1-13-10-11-19(25-12-13)26-23(30)21-14(2)20-17(8-5-9-18(20)31-21)27-28-22(29)15-6-3-4-7-16(15)24/h3-4,6-7,10-12H,5,8-9H2,1-2H3,(H,28,29)(H,25,26,30)/b27-17+. The molecule has 7 nitrogen and oxygen atoms in total. The van der Waals surface area contributed by atoms with Crippen LogP contribution < -0.4 is 10.7 Å². The summed E-state index contributed by atoms with van der Waals surface area (Å²) in [6, 6.07) is 10.8. The smallest absolute Gasteiger partial charge is 0.292 e. The van der Waals surface area contributed by atoms with E-state index >= 15 is 0 Å². The second kappa shape index (κ2) is 8.85. The van der Waals surface area contributed by atoms with Crippen molar-refractivity contribution in [2.75, 3.05) is 5.32 Å². The van der Waals surface area contributed by atoms with Crippen LogP contribution in [-0.4, -0.2) is 22.5 Å². The van der Waals surface area contributed by atoms with Crippen LogP contribution in [0.15, 0.2) is 56.6 Å². The van der Waals surface area contributed by atoms with E-state index in [4.69, 9.17) is 4.42 Å². The molecule has 2 amide bonds. The van der Waals surface area contributed by atoms with E-state index in [9.17, 15) is 9.59 Å². The molecule has 0 aliphatic heterocycles. The Bertz CT molecular complexity index is 1180. The highest BCUT2D eigenvalue weighted by Gasteiger charge is 2.28. The normalized spacial score (nSPS) is 14.2. The van der Waals surface area contributed by atoms with Gasteiger partial charge >= 0.3 is 0 Å². The second-order valence-corrected chi connectivity index (χ2v) is 8.22. The fourth-order valence-corrected chi connectivity index (χ4v) is 4.00. The van der Waals surface area contributed by atoms with Gasteiger partial charge in [0, 0.05) is 28.2 Å². The Kier molecular flexibility index (Phi) is 5.99. The lowest BCUT2D eigenvalue weighted by Gasteiger charge is -2.13. The maximum atomic E-state index is 12.8. The van der Waals surface area contributed by atoms with Crippen molar-refractivity contribution in [3.05, 3.63) is 80.8 Å². The number of rotatable bonds is 4. The van der Waals surface area contributed by atoms with Crippen LogP contribution >= 0.6 is 15.9 Å². The molecule has 31 heavy (non-hydrogen) atoms. The first kappa shape index (κ1) is 21.0. The zero-order valence-electron chi connectivity index (χ0n) is 17.2. The summed E-state index contributed by atoms with van der Waals surface area (Å²) < 4.78 is 6.59. The Hall–Kier alpha value is -3.26. The van der Waals surface area contributed by atoms with Crippen molar-refractivity contribution in [2.45, 2.75) is 33.1 Å². The number of furan rings is 1. The monoisotopic (exact) mass is 480 g/mol. The number of carbonyl (C=O) groups is 2. The highest BCUT2D eigenvalue weighted by atomic mass is 79.9. The first-order chi connectivity index (χ1) is 14.9. The molecule has 1 aliphatic rings. The predicted octanol–water partition coefficient (Wildman–Crippen LogP) is 4.78. The van der Waals surface area contributed by atoms with Gasteiger partial charge in [-0.15, -0.1) is 0 Å². The van der Waals surface area contributed by atoms with Crippen molar-refractivity contribution in [1.29, 1.82) is 0 Å². The lowest BCUT2D eigenvalue weighted by Crippen LogP contribution is -2.22. The molecule has 158 valence electrons. The van der Waals surface area contributed by atoms with Crippen molar-refractivity contribution in [3.63, 3.8) is 0 Å². The molecule has 0 spiro atoms. The van der Waals surface area contributed by atoms with Gasteiger partial charge in [-0.25, -0.2) is 10.4 Å². The number of pyridine rings is 1. The van der Waals surface area contributed by atoms with Gasteiger partial charge in [0.05, 0.1) is 11.3 Å². The average molecular weight is 481 g/mol. The van der Waals surface area contributed by atoms with Gasteiger partial charge in [-0.05, 0) is 66.4 Å². The molecule has 0 bridgehead atoms. The Morgan fingerprint density at radius 3 is 2.65 bits per heavy atom. The highest BCUT2D eigenvalue weighted by molar-refractivity contribution is 9.10. The summed E-state index contributed by atoms with van der Waals surface area (Å²) in [5, 5.41) is 7.13. The molecule has 0 saturated carbocycles. The fraction of sp³-hybridized carbons (Fsp3) is 0.217. The summed E-state index contributed by atoms with van der Waals surface area (Å²) in [6.07, 6.45) is 3.91. The highest BCUT2D eigenvalue weighted by Crippen LogP contribution is 2.30. The number of nitrogens with one attached hydrogen (secondary N) is 2. The minimum atomic E-state index is -0.361. The van der Waals surface area contributed by atoms with Crippen molar-refractivity contribution in [3.8, 4) is 0 Å². The van der Waals surface area contributed by atoms with Crippen molar-refractivity contribution >= 4 is 39.3 Å². The average Bonchev–Trinajstić information content (AvgIpc) is 3.11. The molecule has 0 atom stereocenters. The molecule has 4 rings (SSSR count).